The van der Waals surface area contributed by atoms with Crippen molar-refractivity contribution in [2.75, 3.05) is 13.2 Å². The van der Waals surface area contributed by atoms with Crippen LogP contribution in [0, 0.1) is 0 Å². The molecule has 1 aromatic heterocycles. The molecule has 0 N–H and O–H groups in total. The number of aromatic nitrogens is 3. The number of esters is 4. The molecule has 2 heterocycles. The SMILES string of the molecule is CCOC(=O)c1nnn([C@@H]2O[C@H](COC(C)=O)[C@@H](OC(C)=O)[C@H]2OC(C)=O)c1[Se]c1ccccc1. The summed E-state index contributed by atoms with van der Waals surface area (Å²) in [5.41, 5.74) is -0.00616. The van der Waals surface area contributed by atoms with Gasteiger partial charge in [0.15, 0.2) is 0 Å². The fraction of sp³-hybridized carbons (Fsp3) is 0.455. The minimum absolute atomic E-state index is 0.00616. The van der Waals surface area contributed by atoms with Crippen LogP contribution in [0.1, 0.15) is 44.4 Å². The summed E-state index contributed by atoms with van der Waals surface area (Å²) < 4.78 is 29.7. The number of carbonyl (C=O) groups excluding carboxylic acids is 4. The van der Waals surface area contributed by atoms with Gasteiger partial charge in [-0.25, -0.2) is 0 Å². The Morgan fingerprint density at radius 3 is 2.23 bits per heavy atom. The summed E-state index contributed by atoms with van der Waals surface area (Å²) in [5, 5.41) is 8.13. The molecule has 2 aromatic rings. The monoisotopic (exact) mass is 555 g/mol. The second kappa shape index (κ2) is 11.9. The molecule has 3 rings (SSSR count). The number of rotatable bonds is 9. The van der Waals surface area contributed by atoms with Crippen molar-refractivity contribution in [1.82, 2.24) is 15.0 Å². The number of carbonyl (C=O) groups is 4. The van der Waals surface area contributed by atoms with E-state index in [1.807, 2.05) is 30.3 Å². The van der Waals surface area contributed by atoms with Gasteiger partial charge in [0, 0.05) is 0 Å². The maximum absolute atomic E-state index is 12.6. The molecule has 188 valence electrons. The minimum atomic E-state index is -1.15. The molecule has 1 saturated heterocycles. The average Bonchev–Trinajstić information content (AvgIpc) is 3.34. The van der Waals surface area contributed by atoms with Gasteiger partial charge in [0.2, 0.25) is 0 Å². The van der Waals surface area contributed by atoms with Crippen LogP contribution >= 0.6 is 0 Å². The zero-order valence-electron chi connectivity index (χ0n) is 19.5. The molecule has 35 heavy (non-hydrogen) atoms. The summed E-state index contributed by atoms with van der Waals surface area (Å²) in [6, 6.07) is 9.35. The third-order valence-electron chi connectivity index (χ3n) is 4.66. The van der Waals surface area contributed by atoms with Crippen LogP contribution < -0.4 is 9.05 Å². The van der Waals surface area contributed by atoms with Crippen LogP contribution in [0.3, 0.4) is 0 Å². The summed E-state index contributed by atoms with van der Waals surface area (Å²) in [6.45, 7) is 5.16. The Morgan fingerprint density at radius 2 is 1.63 bits per heavy atom. The molecule has 1 aliphatic rings. The number of benzene rings is 1. The molecule has 0 spiro atoms. The van der Waals surface area contributed by atoms with Crippen molar-refractivity contribution in [2.24, 2.45) is 0 Å². The van der Waals surface area contributed by atoms with Crippen molar-refractivity contribution in [2.45, 2.75) is 52.2 Å². The number of ether oxygens (including phenoxy) is 5. The number of nitrogens with zero attached hydrogens (tertiary/aromatic N) is 3. The first kappa shape index (κ1) is 26.3. The van der Waals surface area contributed by atoms with E-state index in [1.165, 1.54) is 25.5 Å². The Hall–Kier alpha value is -3.28. The normalized spacial score (nSPS) is 21.3. The van der Waals surface area contributed by atoms with Crippen LogP contribution in [0.25, 0.3) is 0 Å². The van der Waals surface area contributed by atoms with E-state index in [0.717, 1.165) is 4.46 Å². The standard InChI is InChI=1S/C22H25N3O9Se/c1-5-30-22(29)17-21(35-15-9-7-6-8-10-15)25(24-23-17)20-19(33-14(4)28)18(32-13(3)27)16(34-20)11-31-12(2)26/h6-10,16,18-20H,5,11H2,1-4H3/t16-,18-,19-,20-/m1/s1. The quantitative estimate of drug-likeness (QED) is 0.223. The molecule has 0 radical (unpaired) electrons. The van der Waals surface area contributed by atoms with Gasteiger partial charge in [-0.1, -0.05) is 0 Å². The van der Waals surface area contributed by atoms with Crippen LogP contribution in [0.5, 0.6) is 0 Å². The zero-order valence-corrected chi connectivity index (χ0v) is 21.2. The number of hydrogen-bond donors (Lipinski definition) is 0. The fourth-order valence-electron chi connectivity index (χ4n) is 3.36. The van der Waals surface area contributed by atoms with Crippen molar-refractivity contribution >= 4 is 47.9 Å². The molecule has 1 fully saturated rings. The molecule has 1 aliphatic heterocycles. The number of hydrogen-bond acceptors (Lipinski definition) is 11. The first-order chi connectivity index (χ1) is 16.7. The van der Waals surface area contributed by atoms with E-state index < -0.39 is 63.4 Å². The summed E-state index contributed by atoms with van der Waals surface area (Å²) in [6.07, 6.45) is -4.35. The van der Waals surface area contributed by atoms with E-state index in [9.17, 15) is 19.2 Å². The fourth-order valence-corrected chi connectivity index (χ4v) is 5.40. The first-order valence-corrected chi connectivity index (χ1v) is 12.4. The third kappa shape index (κ3) is 6.65. The van der Waals surface area contributed by atoms with Gasteiger partial charge < -0.3 is 0 Å². The summed E-state index contributed by atoms with van der Waals surface area (Å²) in [7, 11) is 0. The molecule has 12 nitrogen and oxygen atoms in total. The Bertz CT molecular complexity index is 1080. The van der Waals surface area contributed by atoms with Crippen molar-refractivity contribution in [3.63, 3.8) is 0 Å². The topological polar surface area (TPSA) is 145 Å². The predicted molar refractivity (Wildman–Crippen MR) is 119 cm³/mol. The molecule has 0 bridgehead atoms. The van der Waals surface area contributed by atoms with Crippen LogP contribution in [0.15, 0.2) is 30.3 Å². The van der Waals surface area contributed by atoms with Gasteiger partial charge in [-0.3, -0.25) is 0 Å². The predicted octanol–water partition coefficient (Wildman–Crippen LogP) is -0.566. The molecular formula is C22H25N3O9Se. The molecule has 0 amide bonds. The summed E-state index contributed by atoms with van der Waals surface area (Å²) >= 11 is -0.484. The molecular weight excluding hydrogens is 529 g/mol. The van der Waals surface area contributed by atoms with Crippen molar-refractivity contribution in [3.05, 3.63) is 36.0 Å². The third-order valence-corrected chi connectivity index (χ3v) is 6.93. The van der Waals surface area contributed by atoms with Gasteiger partial charge in [-0.2, -0.15) is 0 Å². The van der Waals surface area contributed by atoms with Crippen LogP contribution in [-0.4, -0.2) is 85.4 Å². The Balaban J connectivity index is 2.06. The average molecular weight is 554 g/mol. The maximum atomic E-state index is 12.6. The second-order valence-corrected chi connectivity index (χ2v) is 9.57. The van der Waals surface area contributed by atoms with Crippen molar-refractivity contribution in [3.8, 4) is 0 Å². The Kier molecular flexibility index (Phi) is 8.96. The molecule has 0 aliphatic carbocycles. The first-order valence-electron chi connectivity index (χ1n) is 10.7. The Morgan fingerprint density at radius 1 is 0.971 bits per heavy atom. The Labute approximate surface area is 207 Å². The van der Waals surface area contributed by atoms with E-state index in [-0.39, 0.29) is 18.9 Å². The zero-order chi connectivity index (χ0) is 25.5. The van der Waals surface area contributed by atoms with Gasteiger partial charge in [-0.05, 0) is 0 Å². The van der Waals surface area contributed by atoms with E-state index in [2.05, 4.69) is 10.3 Å². The van der Waals surface area contributed by atoms with E-state index in [4.69, 9.17) is 23.7 Å². The molecule has 1 aromatic carbocycles. The molecule has 13 heteroatoms. The summed E-state index contributed by atoms with van der Waals surface area (Å²) in [4.78, 5) is 47.8. The van der Waals surface area contributed by atoms with Gasteiger partial charge in [-0.15, -0.1) is 0 Å². The molecule has 0 saturated carbocycles. The van der Waals surface area contributed by atoms with Crippen LogP contribution in [0.4, 0.5) is 0 Å². The second-order valence-electron chi connectivity index (χ2n) is 7.34. The van der Waals surface area contributed by atoms with E-state index in [0.29, 0.717) is 4.59 Å². The van der Waals surface area contributed by atoms with Crippen LogP contribution in [-0.2, 0) is 38.1 Å². The van der Waals surface area contributed by atoms with E-state index >= 15 is 0 Å². The van der Waals surface area contributed by atoms with Gasteiger partial charge >= 0.3 is 207 Å². The summed E-state index contributed by atoms with van der Waals surface area (Å²) in [5.74, 6) is -2.54. The molecule has 4 atom stereocenters. The van der Waals surface area contributed by atoms with Crippen molar-refractivity contribution in [1.29, 1.82) is 0 Å². The van der Waals surface area contributed by atoms with Gasteiger partial charge in [0.25, 0.3) is 0 Å². The van der Waals surface area contributed by atoms with E-state index in [1.54, 1.807) is 6.92 Å². The van der Waals surface area contributed by atoms with Gasteiger partial charge in [0.1, 0.15) is 0 Å². The van der Waals surface area contributed by atoms with Gasteiger partial charge in [0.05, 0.1) is 0 Å². The van der Waals surface area contributed by atoms with Crippen LogP contribution in [0.2, 0.25) is 0 Å². The molecule has 0 unspecified atom stereocenters. The van der Waals surface area contributed by atoms with Crippen molar-refractivity contribution < 1.29 is 42.9 Å².